The highest BCUT2D eigenvalue weighted by atomic mass is 16.5. The van der Waals surface area contributed by atoms with Crippen LogP contribution < -0.4 is 0 Å². The Kier molecular flexibility index (Phi) is 15.2. The molecule has 2 heteroatoms. The Morgan fingerprint density at radius 1 is 0.769 bits per heavy atom. The molecule has 0 fully saturated rings. The molecular weight excluding hydrogens is 320 g/mol. The van der Waals surface area contributed by atoms with Crippen molar-refractivity contribution in [2.45, 2.75) is 125 Å². The van der Waals surface area contributed by atoms with Gasteiger partial charge < -0.3 is 4.74 Å². The van der Waals surface area contributed by atoms with Gasteiger partial charge in [0.2, 0.25) is 0 Å². The van der Waals surface area contributed by atoms with Gasteiger partial charge in [-0.2, -0.15) is 0 Å². The van der Waals surface area contributed by atoms with Crippen molar-refractivity contribution in [1.82, 2.24) is 0 Å². The molecule has 2 nitrogen and oxygen atoms in total. The van der Waals surface area contributed by atoms with Crippen LogP contribution in [0.25, 0.3) is 0 Å². The number of esters is 1. The van der Waals surface area contributed by atoms with Crippen LogP contribution in [0.3, 0.4) is 0 Å². The second kappa shape index (κ2) is 15.5. The van der Waals surface area contributed by atoms with Crippen LogP contribution in [0.4, 0.5) is 0 Å². The summed E-state index contributed by atoms with van der Waals surface area (Å²) < 4.78 is 5.39. The summed E-state index contributed by atoms with van der Waals surface area (Å²) >= 11 is 0. The van der Waals surface area contributed by atoms with Crippen molar-refractivity contribution in [2.24, 2.45) is 17.3 Å². The van der Waals surface area contributed by atoms with Crippen molar-refractivity contribution in [3.63, 3.8) is 0 Å². The van der Waals surface area contributed by atoms with E-state index in [-0.39, 0.29) is 5.97 Å². The molecule has 0 saturated carbocycles. The van der Waals surface area contributed by atoms with E-state index in [2.05, 4.69) is 41.5 Å². The average Bonchev–Trinajstić information content (AvgIpc) is 2.50. The zero-order valence-corrected chi connectivity index (χ0v) is 18.9. The lowest BCUT2D eigenvalue weighted by Crippen LogP contribution is -2.14. The molecule has 0 heterocycles. The fraction of sp³-hybridized carbons (Fsp3) is 0.958. The summed E-state index contributed by atoms with van der Waals surface area (Å²) in [6.45, 7) is 14.3. The Balaban J connectivity index is 3.34. The average molecular weight is 369 g/mol. The van der Waals surface area contributed by atoms with Crippen molar-refractivity contribution in [3.8, 4) is 0 Å². The van der Waals surface area contributed by atoms with Crippen LogP contribution in [-0.4, -0.2) is 12.6 Å². The molecule has 0 aromatic rings. The number of hydrogen-bond acceptors (Lipinski definition) is 2. The van der Waals surface area contributed by atoms with Gasteiger partial charge in [0, 0.05) is 6.42 Å². The summed E-state index contributed by atoms with van der Waals surface area (Å²) in [6.07, 6.45) is 15.8. The summed E-state index contributed by atoms with van der Waals surface area (Å²) in [7, 11) is 0. The van der Waals surface area contributed by atoms with Gasteiger partial charge in [-0.3, -0.25) is 4.79 Å². The monoisotopic (exact) mass is 368 g/mol. The lowest BCUT2D eigenvalue weighted by atomic mass is 9.84. The summed E-state index contributed by atoms with van der Waals surface area (Å²) in [6, 6.07) is 0. The van der Waals surface area contributed by atoms with Crippen molar-refractivity contribution < 1.29 is 9.53 Å². The topological polar surface area (TPSA) is 26.3 Å². The number of hydrogen-bond donors (Lipinski definition) is 0. The van der Waals surface area contributed by atoms with Crippen molar-refractivity contribution in [2.75, 3.05) is 6.61 Å². The number of rotatable bonds is 16. The first-order valence-corrected chi connectivity index (χ1v) is 11.4. The van der Waals surface area contributed by atoms with E-state index < -0.39 is 0 Å². The Bertz CT molecular complexity index is 328. The largest absolute Gasteiger partial charge is 0.466 e. The highest BCUT2D eigenvalue weighted by molar-refractivity contribution is 5.69. The van der Waals surface area contributed by atoms with E-state index in [9.17, 15) is 4.79 Å². The van der Waals surface area contributed by atoms with Crippen LogP contribution in [0.1, 0.15) is 125 Å². The maximum Gasteiger partial charge on any atom is 0.305 e. The molecule has 0 aliphatic heterocycles. The third-order valence-electron chi connectivity index (χ3n) is 5.00. The number of carbonyl (C=O) groups excluding carboxylic acids is 1. The van der Waals surface area contributed by atoms with Crippen molar-refractivity contribution >= 4 is 5.97 Å². The van der Waals surface area contributed by atoms with Gasteiger partial charge in [-0.1, -0.05) is 99.3 Å². The predicted molar refractivity (Wildman–Crippen MR) is 114 cm³/mol. The Hall–Kier alpha value is -0.530. The molecule has 156 valence electrons. The first-order valence-electron chi connectivity index (χ1n) is 11.4. The number of ether oxygens (including phenoxy) is 1. The molecule has 0 aromatic carbocycles. The third kappa shape index (κ3) is 19.8. The molecule has 1 unspecified atom stereocenters. The lowest BCUT2D eigenvalue weighted by Gasteiger charge is -2.22. The molecule has 0 aliphatic rings. The summed E-state index contributed by atoms with van der Waals surface area (Å²) in [5.74, 6) is 1.47. The van der Waals surface area contributed by atoms with Gasteiger partial charge >= 0.3 is 5.97 Å². The second-order valence-electron chi connectivity index (χ2n) is 9.99. The van der Waals surface area contributed by atoms with Gasteiger partial charge in [-0.05, 0) is 36.5 Å². The van der Waals surface area contributed by atoms with E-state index >= 15 is 0 Å². The van der Waals surface area contributed by atoms with Gasteiger partial charge in [0.1, 0.15) is 0 Å². The number of unbranched alkanes of at least 4 members (excludes halogenated alkanes) is 8. The molecule has 0 radical (unpaired) electrons. The predicted octanol–water partition coefficient (Wildman–Crippen LogP) is 7.94. The first kappa shape index (κ1) is 25.5. The van der Waals surface area contributed by atoms with Crippen LogP contribution in [0, 0.1) is 17.3 Å². The molecular formula is C24H48O2. The van der Waals surface area contributed by atoms with Crippen LogP contribution in [0.2, 0.25) is 0 Å². The minimum absolute atomic E-state index is 0.00175. The van der Waals surface area contributed by atoms with E-state index in [1.807, 2.05) is 0 Å². The number of carbonyl (C=O) groups is 1. The standard InChI is InChI=1S/C24H48O2/c1-21(2)16-14-12-10-8-7-9-11-13-15-17-23(25)26-19-18-22(3)20-24(4,5)6/h21-22H,7-20H2,1-6H3. The van der Waals surface area contributed by atoms with Crippen molar-refractivity contribution in [3.05, 3.63) is 0 Å². The first-order chi connectivity index (χ1) is 12.2. The normalized spacial score (nSPS) is 13.2. The maximum absolute atomic E-state index is 11.8. The molecule has 0 saturated heterocycles. The summed E-state index contributed by atoms with van der Waals surface area (Å²) in [5, 5.41) is 0. The third-order valence-corrected chi connectivity index (χ3v) is 5.00. The minimum atomic E-state index is -0.00175. The van der Waals surface area contributed by atoms with Crippen molar-refractivity contribution in [1.29, 1.82) is 0 Å². The Labute approximate surface area is 164 Å². The van der Waals surface area contributed by atoms with Gasteiger partial charge in [-0.25, -0.2) is 0 Å². The van der Waals surface area contributed by atoms with E-state index in [4.69, 9.17) is 4.74 Å². The van der Waals surface area contributed by atoms with Crippen LogP contribution in [0.5, 0.6) is 0 Å². The molecule has 0 aromatic heterocycles. The highest BCUT2D eigenvalue weighted by Crippen LogP contribution is 2.25. The van der Waals surface area contributed by atoms with Gasteiger partial charge in [0.15, 0.2) is 0 Å². The fourth-order valence-electron chi connectivity index (χ4n) is 3.65. The zero-order chi connectivity index (χ0) is 19.8. The molecule has 0 bridgehead atoms. The molecule has 0 N–H and O–H groups in total. The van der Waals surface area contributed by atoms with E-state index in [0.717, 1.165) is 18.8 Å². The molecule has 26 heavy (non-hydrogen) atoms. The highest BCUT2D eigenvalue weighted by Gasteiger charge is 2.15. The van der Waals surface area contributed by atoms with Crippen LogP contribution >= 0.6 is 0 Å². The fourth-order valence-corrected chi connectivity index (χ4v) is 3.65. The van der Waals surface area contributed by atoms with Crippen LogP contribution in [-0.2, 0) is 9.53 Å². The smallest absolute Gasteiger partial charge is 0.305 e. The molecule has 0 spiro atoms. The Morgan fingerprint density at radius 2 is 1.27 bits per heavy atom. The van der Waals surface area contributed by atoms with Gasteiger partial charge in [0.05, 0.1) is 6.61 Å². The summed E-state index contributed by atoms with van der Waals surface area (Å²) in [4.78, 5) is 11.8. The van der Waals surface area contributed by atoms with E-state index in [1.165, 1.54) is 64.2 Å². The van der Waals surface area contributed by atoms with Crippen LogP contribution in [0.15, 0.2) is 0 Å². The minimum Gasteiger partial charge on any atom is -0.466 e. The Morgan fingerprint density at radius 3 is 1.77 bits per heavy atom. The SMILES string of the molecule is CC(C)CCCCCCCCCCCC(=O)OCCC(C)CC(C)(C)C. The quantitative estimate of drug-likeness (QED) is 0.204. The van der Waals surface area contributed by atoms with Gasteiger partial charge in [0.25, 0.3) is 0 Å². The molecule has 0 rings (SSSR count). The lowest BCUT2D eigenvalue weighted by molar-refractivity contribution is -0.144. The second-order valence-corrected chi connectivity index (χ2v) is 9.99. The molecule has 1 atom stereocenters. The van der Waals surface area contributed by atoms with Gasteiger partial charge in [-0.15, -0.1) is 0 Å². The van der Waals surface area contributed by atoms with E-state index in [1.54, 1.807) is 0 Å². The van der Waals surface area contributed by atoms with E-state index in [0.29, 0.717) is 24.4 Å². The zero-order valence-electron chi connectivity index (χ0n) is 18.9. The maximum atomic E-state index is 11.8. The summed E-state index contributed by atoms with van der Waals surface area (Å²) in [5.41, 5.74) is 0.359. The molecule has 0 aliphatic carbocycles. The molecule has 0 amide bonds.